The molecule has 2 N–H and O–H groups in total. The number of hydrogen-bond acceptors (Lipinski definition) is 5. The molecule has 1 aliphatic heterocycles. The van der Waals surface area contributed by atoms with Crippen molar-refractivity contribution >= 4 is 16.7 Å². The van der Waals surface area contributed by atoms with Crippen LogP contribution in [0.4, 0.5) is 26.3 Å². The SMILES string of the molecule is CNC(NC(CC(=O)N1CCn2c(nnc2C(F)(F)F)C1)Cc1cc(F)c(F)cc1F)c1ccc2ccccc2c1. The number of benzene rings is 3. The fourth-order valence-corrected chi connectivity index (χ4v) is 5.07. The van der Waals surface area contributed by atoms with Crippen molar-refractivity contribution in [3.8, 4) is 0 Å². The summed E-state index contributed by atoms with van der Waals surface area (Å²) in [5, 5.41) is 15.2. The molecule has 7 nitrogen and oxygen atoms in total. The van der Waals surface area contributed by atoms with Crippen LogP contribution in [0.3, 0.4) is 0 Å². The fraction of sp³-hybridized carbons (Fsp3) is 0.321. The van der Waals surface area contributed by atoms with Gasteiger partial charge in [-0.05, 0) is 47.5 Å². The molecule has 2 unspecified atom stereocenters. The maximum Gasteiger partial charge on any atom is 0.451 e. The molecule has 1 amide bonds. The zero-order valence-electron chi connectivity index (χ0n) is 21.9. The smallest absolute Gasteiger partial charge is 0.333 e. The quantitative estimate of drug-likeness (QED) is 0.181. The van der Waals surface area contributed by atoms with Gasteiger partial charge in [0.15, 0.2) is 17.5 Å². The first-order valence-electron chi connectivity index (χ1n) is 12.9. The minimum atomic E-state index is -4.67. The molecule has 3 aromatic carbocycles. The maximum atomic E-state index is 14.6. The molecule has 216 valence electrons. The Labute approximate surface area is 231 Å². The summed E-state index contributed by atoms with van der Waals surface area (Å²) in [5.74, 6) is -5.06. The van der Waals surface area contributed by atoms with E-state index in [0.717, 1.165) is 27.0 Å². The molecule has 13 heteroatoms. The molecule has 0 fully saturated rings. The van der Waals surface area contributed by atoms with Gasteiger partial charge in [-0.2, -0.15) is 13.2 Å². The summed E-state index contributed by atoms with van der Waals surface area (Å²) in [4.78, 5) is 14.7. The normalized spacial score (nSPS) is 15.1. The summed E-state index contributed by atoms with van der Waals surface area (Å²) in [6.45, 7) is -0.345. The Morgan fingerprint density at radius 1 is 0.951 bits per heavy atom. The van der Waals surface area contributed by atoms with Crippen LogP contribution in [0, 0.1) is 17.5 Å². The minimum absolute atomic E-state index is 0.00245. The van der Waals surface area contributed by atoms with Crippen molar-refractivity contribution in [2.24, 2.45) is 0 Å². The van der Waals surface area contributed by atoms with Gasteiger partial charge in [-0.25, -0.2) is 13.2 Å². The molecule has 0 aliphatic carbocycles. The van der Waals surface area contributed by atoms with Crippen LogP contribution in [0.5, 0.6) is 0 Å². The Bertz CT molecular complexity index is 1570. The van der Waals surface area contributed by atoms with Crippen molar-refractivity contribution in [2.45, 2.75) is 44.3 Å². The lowest BCUT2D eigenvalue weighted by atomic mass is 9.99. The van der Waals surface area contributed by atoms with Crippen LogP contribution in [0.15, 0.2) is 54.6 Å². The van der Waals surface area contributed by atoms with Gasteiger partial charge < -0.3 is 14.8 Å². The Hall–Kier alpha value is -3.97. The lowest BCUT2D eigenvalue weighted by molar-refractivity contribution is -0.148. The fourth-order valence-electron chi connectivity index (χ4n) is 5.07. The predicted molar refractivity (Wildman–Crippen MR) is 138 cm³/mol. The number of fused-ring (bicyclic) bond motifs is 2. The first-order chi connectivity index (χ1) is 19.5. The number of amides is 1. The highest BCUT2D eigenvalue weighted by molar-refractivity contribution is 5.83. The molecule has 0 spiro atoms. The molecule has 2 heterocycles. The molecule has 2 atom stereocenters. The highest BCUT2D eigenvalue weighted by atomic mass is 19.4. The zero-order valence-corrected chi connectivity index (χ0v) is 21.9. The van der Waals surface area contributed by atoms with Gasteiger partial charge in [0.25, 0.3) is 0 Å². The van der Waals surface area contributed by atoms with Crippen molar-refractivity contribution < 1.29 is 31.1 Å². The van der Waals surface area contributed by atoms with Crippen LogP contribution in [0.25, 0.3) is 10.8 Å². The maximum absolute atomic E-state index is 14.6. The van der Waals surface area contributed by atoms with Crippen molar-refractivity contribution in [3.63, 3.8) is 0 Å². The third-order valence-electron chi connectivity index (χ3n) is 7.13. The van der Waals surface area contributed by atoms with E-state index in [9.17, 15) is 31.1 Å². The van der Waals surface area contributed by atoms with Gasteiger partial charge >= 0.3 is 6.18 Å². The van der Waals surface area contributed by atoms with Crippen LogP contribution in [0.2, 0.25) is 0 Å². The van der Waals surface area contributed by atoms with E-state index in [1.54, 1.807) is 7.05 Å². The number of nitrogens with zero attached hydrogens (tertiary/aromatic N) is 4. The topological polar surface area (TPSA) is 75.1 Å². The second kappa shape index (κ2) is 11.5. The van der Waals surface area contributed by atoms with Crippen LogP contribution in [-0.4, -0.2) is 45.2 Å². The number of aromatic nitrogens is 3. The molecular formula is C28H26F6N6O. The summed E-state index contributed by atoms with van der Waals surface area (Å²) < 4.78 is 82.7. The van der Waals surface area contributed by atoms with Crippen LogP contribution in [-0.2, 0) is 30.5 Å². The van der Waals surface area contributed by atoms with Crippen LogP contribution in [0.1, 0.15) is 35.4 Å². The highest BCUT2D eigenvalue weighted by Gasteiger charge is 2.40. The number of halogens is 6. The highest BCUT2D eigenvalue weighted by Crippen LogP contribution is 2.30. The predicted octanol–water partition coefficient (Wildman–Crippen LogP) is 4.72. The van der Waals surface area contributed by atoms with E-state index in [1.807, 2.05) is 42.5 Å². The minimum Gasteiger partial charge on any atom is -0.333 e. The van der Waals surface area contributed by atoms with Crippen LogP contribution >= 0.6 is 0 Å². The van der Waals surface area contributed by atoms with Crippen molar-refractivity contribution in [1.29, 1.82) is 0 Å². The first-order valence-corrected chi connectivity index (χ1v) is 12.9. The molecule has 5 rings (SSSR count). The summed E-state index contributed by atoms with van der Waals surface area (Å²) in [7, 11) is 1.69. The first kappa shape index (κ1) is 28.6. The Balaban J connectivity index is 1.38. The Morgan fingerprint density at radius 3 is 2.41 bits per heavy atom. The zero-order chi connectivity index (χ0) is 29.3. The van der Waals surface area contributed by atoms with E-state index in [4.69, 9.17) is 0 Å². The summed E-state index contributed by atoms with van der Waals surface area (Å²) in [6.07, 6.45) is -5.55. The molecule has 1 aliphatic rings. The van der Waals surface area contributed by atoms with Gasteiger partial charge in [-0.3, -0.25) is 10.1 Å². The van der Waals surface area contributed by atoms with E-state index in [0.29, 0.717) is 6.07 Å². The van der Waals surface area contributed by atoms with Gasteiger partial charge in [0.05, 0.1) is 12.7 Å². The van der Waals surface area contributed by atoms with E-state index in [2.05, 4.69) is 20.8 Å². The van der Waals surface area contributed by atoms with Crippen molar-refractivity contribution in [3.05, 3.63) is 94.8 Å². The standard InChI is InChI=1S/C28H26F6N6O/c1-35-26(18-7-6-16-4-2-3-5-17(16)10-18)36-20(11-19-12-22(30)23(31)14-21(19)29)13-25(41)39-8-9-40-24(15-39)37-38-27(40)28(32,33)34/h2-7,10,12,14,20,26,35-36H,8-9,11,13,15H2,1H3. The third kappa shape index (κ3) is 6.20. The molecule has 0 saturated carbocycles. The van der Waals surface area contributed by atoms with Crippen LogP contribution < -0.4 is 10.6 Å². The van der Waals surface area contributed by atoms with Crippen molar-refractivity contribution in [2.75, 3.05) is 13.6 Å². The number of hydrogen-bond donors (Lipinski definition) is 2. The molecule has 1 aromatic heterocycles. The monoisotopic (exact) mass is 576 g/mol. The summed E-state index contributed by atoms with van der Waals surface area (Å²) in [6, 6.07) is 14.0. The van der Waals surface area contributed by atoms with Crippen molar-refractivity contribution in [1.82, 2.24) is 30.3 Å². The molecule has 4 aromatic rings. The third-order valence-corrected chi connectivity index (χ3v) is 7.13. The molecular weight excluding hydrogens is 550 g/mol. The number of rotatable bonds is 8. The average molecular weight is 577 g/mol. The lowest BCUT2D eigenvalue weighted by Gasteiger charge is -2.31. The molecule has 0 saturated heterocycles. The number of carbonyl (C=O) groups excluding carboxylic acids is 1. The van der Waals surface area contributed by atoms with Gasteiger partial charge in [0, 0.05) is 31.6 Å². The number of carbonyl (C=O) groups is 1. The number of nitrogens with one attached hydrogen (secondary N) is 2. The summed E-state index contributed by atoms with van der Waals surface area (Å²) in [5.41, 5.74) is 0.691. The van der Waals surface area contributed by atoms with Gasteiger partial charge in [-0.1, -0.05) is 36.4 Å². The Morgan fingerprint density at radius 2 is 1.68 bits per heavy atom. The second-order valence-electron chi connectivity index (χ2n) is 9.86. The molecule has 0 bridgehead atoms. The molecule has 41 heavy (non-hydrogen) atoms. The van der Waals surface area contributed by atoms with Gasteiger partial charge in [0.1, 0.15) is 5.82 Å². The largest absolute Gasteiger partial charge is 0.451 e. The van der Waals surface area contributed by atoms with E-state index >= 15 is 0 Å². The van der Waals surface area contributed by atoms with E-state index in [-0.39, 0.29) is 43.9 Å². The van der Waals surface area contributed by atoms with E-state index < -0.39 is 47.6 Å². The van der Waals surface area contributed by atoms with Gasteiger partial charge in [0.2, 0.25) is 11.7 Å². The Kier molecular flexibility index (Phi) is 8.00. The molecule has 0 radical (unpaired) electrons. The second-order valence-corrected chi connectivity index (χ2v) is 9.86. The summed E-state index contributed by atoms with van der Waals surface area (Å²) >= 11 is 0. The van der Waals surface area contributed by atoms with E-state index in [1.165, 1.54) is 4.90 Å². The lowest BCUT2D eigenvalue weighted by Crippen LogP contribution is -2.46. The van der Waals surface area contributed by atoms with Gasteiger partial charge in [-0.15, -0.1) is 10.2 Å². The number of alkyl halides is 3. The average Bonchev–Trinajstić information content (AvgIpc) is 3.38.